The molecule has 4 heterocycles. The summed E-state index contributed by atoms with van der Waals surface area (Å²) in [7, 11) is 0. The van der Waals surface area contributed by atoms with E-state index in [1.807, 2.05) is 33.8 Å². The van der Waals surface area contributed by atoms with Gasteiger partial charge in [0.25, 0.3) is 0 Å². The summed E-state index contributed by atoms with van der Waals surface area (Å²) in [5, 5.41) is 4.93. The summed E-state index contributed by atoms with van der Waals surface area (Å²) in [5.74, 6) is 0.189. The molecule has 4 aromatic heterocycles. The number of pyridine rings is 1. The first kappa shape index (κ1) is 24.1. The van der Waals surface area contributed by atoms with Crippen molar-refractivity contribution in [3.8, 4) is 11.3 Å². The number of nitrogens with zero attached hydrogens (tertiary/aromatic N) is 3. The van der Waals surface area contributed by atoms with E-state index < -0.39 is 18.4 Å². The van der Waals surface area contributed by atoms with Gasteiger partial charge in [-0.25, -0.2) is 14.5 Å². The number of ether oxygens (including phenoxy) is 1. The molecule has 0 fully saturated rings. The molecule has 0 atom stereocenters. The van der Waals surface area contributed by atoms with Crippen LogP contribution in [0, 0.1) is 27.7 Å². The van der Waals surface area contributed by atoms with Crippen LogP contribution in [0.25, 0.3) is 22.3 Å². The van der Waals surface area contributed by atoms with Crippen molar-refractivity contribution in [2.24, 2.45) is 0 Å². The van der Waals surface area contributed by atoms with Crippen molar-refractivity contribution in [1.82, 2.24) is 19.7 Å². The second-order valence-electron chi connectivity index (χ2n) is 8.98. The topological polar surface area (TPSA) is 120 Å². The average molecular weight is 477 g/mol. The number of hydrogen-bond acceptors (Lipinski definition) is 7. The van der Waals surface area contributed by atoms with Crippen LogP contribution in [0.3, 0.4) is 0 Å². The van der Waals surface area contributed by atoms with Crippen LogP contribution in [0.2, 0.25) is 0 Å². The number of fused-ring (bicyclic) bond motifs is 1. The minimum atomic E-state index is -0.666. The van der Waals surface area contributed by atoms with Gasteiger partial charge in [-0.2, -0.15) is 5.10 Å². The van der Waals surface area contributed by atoms with E-state index >= 15 is 0 Å². The van der Waals surface area contributed by atoms with E-state index in [4.69, 9.17) is 14.1 Å². The molecule has 4 aromatic rings. The number of ketones is 2. The molecular formula is C26H28N4O5. The van der Waals surface area contributed by atoms with Crippen LogP contribution in [0.1, 0.15) is 80.8 Å². The van der Waals surface area contributed by atoms with Crippen LogP contribution in [0.5, 0.6) is 0 Å². The van der Waals surface area contributed by atoms with Crippen LogP contribution in [0.15, 0.2) is 22.7 Å². The van der Waals surface area contributed by atoms with Gasteiger partial charge in [0.2, 0.25) is 5.78 Å². The third-order valence-electron chi connectivity index (χ3n) is 6.00. The van der Waals surface area contributed by atoms with Crippen molar-refractivity contribution in [3.63, 3.8) is 0 Å². The first-order valence-corrected chi connectivity index (χ1v) is 11.4. The van der Waals surface area contributed by atoms with Gasteiger partial charge in [-0.1, -0.05) is 0 Å². The van der Waals surface area contributed by atoms with Gasteiger partial charge < -0.3 is 14.1 Å². The number of rotatable bonds is 7. The van der Waals surface area contributed by atoms with E-state index in [1.54, 1.807) is 30.8 Å². The van der Waals surface area contributed by atoms with E-state index in [1.165, 1.54) is 6.92 Å². The average Bonchev–Trinajstić information content (AvgIpc) is 3.45. The molecule has 35 heavy (non-hydrogen) atoms. The number of H-pyrrole nitrogens is 1. The van der Waals surface area contributed by atoms with Crippen molar-refractivity contribution in [2.75, 3.05) is 6.61 Å². The summed E-state index contributed by atoms with van der Waals surface area (Å²) in [6, 6.07) is 3.51. The van der Waals surface area contributed by atoms with Crippen LogP contribution < -0.4 is 0 Å². The SMILES string of the molecule is CC(=O)c1c(C)[nH]c(C(=O)COC(=O)c2cc(-c3cc(C)oc3C)nc3c2cnn3C(C)C)c1C. The predicted molar refractivity (Wildman–Crippen MR) is 130 cm³/mol. The molecule has 0 bridgehead atoms. The Morgan fingerprint density at radius 1 is 1.14 bits per heavy atom. The minimum Gasteiger partial charge on any atom is -0.466 e. The molecule has 0 saturated carbocycles. The molecule has 0 aliphatic carbocycles. The summed E-state index contributed by atoms with van der Waals surface area (Å²) in [6.45, 7) is 12.0. The number of esters is 1. The standard InChI is InChI=1S/C26H28N4O5/c1-12(2)30-25-20(10-27-30)19(9-21(29-25)18-8-13(3)35-17(18)7)26(33)34-11-22(32)24-14(4)23(16(6)31)15(5)28-24/h8-10,12,28H,11H2,1-7H3. The van der Waals surface area contributed by atoms with E-state index in [0.717, 1.165) is 11.3 Å². The van der Waals surface area contributed by atoms with Crippen molar-refractivity contribution >= 4 is 28.6 Å². The molecule has 9 heteroatoms. The Bertz CT molecular complexity index is 1490. The zero-order valence-corrected chi connectivity index (χ0v) is 20.9. The van der Waals surface area contributed by atoms with Crippen molar-refractivity contribution in [1.29, 1.82) is 0 Å². The Hall–Kier alpha value is -4.01. The molecule has 0 unspecified atom stereocenters. The van der Waals surface area contributed by atoms with Crippen LogP contribution >= 0.6 is 0 Å². The predicted octanol–water partition coefficient (Wildman–Crippen LogP) is 5.08. The third-order valence-corrected chi connectivity index (χ3v) is 6.00. The highest BCUT2D eigenvalue weighted by molar-refractivity contribution is 6.07. The molecule has 0 amide bonds. The van der Waals surface area contributed by atoms with Gasteiger partial charge >= 0.3 is 5.97 Å². The number of carbonyl (C=O) groups is 3. The molecule has 0 aliphatic rings. The van der Waals surface area contributed by atoms with Gasteiger partial charge in [0.1, 0.15) is 11.5 Å². The lowest BCUT2D eigenvalue weighted by atomic mass is 10.1. The normalized spacial score (nSPS) is 11.4. The zero-order valence-electron chi connectivity index (χ0n) is 20.9. The summed E-state index contributed by atoms with van der Waals surface area (Å²) in [5.41, 5.74) is 4.01. The second kappa shape index (κ2) is 8.98. The number of hydrogen-bond donors (Lipinski definition) is 1. The number of aromatic amines is 1. The highest BCUT2D eigenvalue weighted by Crippen LogP contribution is 2.30. The lowest BCUT2D eigenvalue weighted by Crippen LogP contribution is -2.16. The van der Waals surface area contributed by atoms with E-state index in [0.29, 0.717) is 39.3 Å². The quantitative estimate of drug-likeness (QED) is 0.292. The fourth-order valence-corrected chi connectivity index (χ4v) is 4.43. The monoisotopic (exact) mass is 476 g/mol. The Morgan fingerprint density at radius 3 is 2.43 bits per heavy atom. The fraction of sp³-hybridized carbons (Fsp3) is 0.346. The largest absolute Gasteiger partial charge is 0.466 e. The molecule has 182 valence electrons. The highest BCUT2D eigenvalue weighted by Gasteiger charge is 2.24. The summed E-state index contributed by atoms with van der Waals surface area (Å²) in [4.78, 5) is 45.6. The second-order valence-corrected chi connectivity index (χ2v) is 8.98. The van der Waals surface area contributed by atoms with E-state index in [-0.39, 0.29) is 23.1 Å². The molecule has 1 N–H and O–H groups in total. The fourth-order valence-electron chi connectivity index (χ4n) is 4.43. The lowest BCUT2D eigenvalue weighted by Gasteiger charge is -2.10. The number of aryl methyl sites for hydroxylation is 3. The minimum absolute atomic E-state index is 0.0162. The number of furan rings is 1. The molecule has 0 aromatic carbocycles. The van der Waals surface area contributed by atoms with Gasteiger partial charge in [-0.05, 0) is 66.2 Å². The number of Topliss-reactive ketones (excluding diaryl/α,β-unsaturated/α-hetero) is 2. The first-order chi connectivity index (χ1) is 16.5. The van der Waals surface area contributed by atoms with Crippen LogP contribution in [-0.4, -0.2) is 43.9 Å². The van der Waals surface area contributed by atoms with Gasteiger partial charge in [0.15, 0.2) is 18.0 Å². The smallest absolute Gasteiger partial charge is 0.339 e. The highest BCUT2D eigenvalue weighted by atomic mass is 16.5. The third kappa shape index (κ3) is 4.29. The molecule has 4 rings (SSSR count). The van der Waals surface area contributed by atoms with E-state index in [2.05, 4.69) is 10.1 Å². The maximum absolute atomic E-state index is 13.2. The zero-order chi connectivity index (χ0) is 25.6. The number of carbonyl (C=O) groups excluding carboxylic acids is 3. The first-order valence-electron chi connectivity index (χ1n) is 11.4. The molecule has 0 saturated heterocycles. The molecular weight excluding hydrogens is 448 g/mol. The van der Waals surface area contributed by atoms with Gasteiger partial charge in [-0.3, -0.25) is 9.59 Å². The Morgan fingerprint density at radius 2 is 1.86 bits per heavy atom. The Labute approximate surface area is 202 Å². The van der Waals surface area contributed by atoms with Crippen molar-refractivity contribution < 1.29 is 23.5 Å². The molecule has 0 radical (unpaired) electrons. The lowest BCUT2D eigenvalue weighted by molar-refractivity contribution is 0.0475. The van der Waals surface area contributed by atoms with Gasteiger partial charge in [0.05, 0.1) is 28.5 Å². The Kier molecular flexibility index (Phi) is 6.19. The molecule has 0 aliphatic heterocycles. The summed E-state index contributed by atoms with van der Waals surface area (Å²) < 4.78 is 12.8. The number of nitrogens with one attached hydrogen (secondary N) is 1. The Balaban J connectivity index is 1.69. The maximum atomic E-state index is 13.2. The van der Waals surface area contributed by atoms with E-state index in [9.17, 15) is 14.4 Å². The number of aromatic nitrogens is 4. The molecule has 0 spiro atoms. The summed E-state index contributed by atoms with van der Waals surface area (Å²) >= 11 is 0. The van der Waals surface area contributed by atoms with Crippen LogP contribution in [-0.2, 0) is 4.74 Å². The van der Waals surface area contributed by atoms with Gasteiger partial charge in [0, 0.05) is 22.9 Å². The maximum Gasteiger partial charge on any atom is 0.339 e. The van der Waals surface area contributed by atoms with Crippen molar-refractivity contribution in [2.45, 2.75) is 54.5 Å². The van der Waals surface area contributed by atoms with Crippen molar-refractivity contribution in [3.05, 3.63) is 57.9 Å². The summed E-state index contributed by atoms with van der Waals surface area (Å²) in [6.07, 6.45) is 1.58. The molecule has 9 nitrogen and oxygen atoms in total. The van der Waals surface area contributed by atoms with Crippen LogP contribution in [0.4, 0.5) is 0 Å². The van der Waals surface area contributed by atoms with Gasteiger partial charge in [-0.15, -0.1) is 0 Å².